The molecule has 1 aromatic rings. The number of rotatable bonds is 3. The van der Waals surface area contributed by atoms with Gasteiger partial charge < -0.3 is 15.2 Å². The van der Waals surface area contributed by atoms with E-state index in [0.717, 1.165) is 13.3 Å². The molecule has 0 radical (unpaired) electrons. The first-order valence-corrected chi connectivity index (χ1v) is 4.82. The van der Waals surface area contributed by atoms with Gasteiger partial charge in [-0.1, -0.05) is 0 Å². The number of nitrogens with two attached hydrogens (primary N) is 1. The van der Waals surface area contributed by atoms with Crippen LogP contribution >= 0.6 is 0 Å². The summed E-state index contributed by atoms with van der Waals surface area (Å²) in [5.41, 5.74) is 5.19. The maximum absolute atomic E-state index is 12.3. The molecule has 18 heavy (non-hydrogen) atoms. The minimum atomic E-state index is -4.93. The summed E-state index contributed by atoms with van der Waals surface area (Å²) in [6.45, 7) is 1.22. The number of carbonyl (C=O) groups excluding carboxylic acids is 1. The van der Waals surface area contributed by atoms with Crippen molar-refractivity contribution in [1.82, 2.24) is 4.98 Å². The number of pyridine rings is 1. The molecule has 8 heteroatoms. The number of ether oxygens (including phenoxy) is 2. The number of hydrogen-bond acceptors (Lipinski definition) is 5. The van der Waals surface area contributed by atoms with E-state index >= 15 is 0 Å². The van der Waals surface area contributed by atoms with Crippen LogP contribution in [0, 0.1) is 6.92 Å². The number of halogens is 3. The van der Waals surface area contributed by atoms with Crippen LogP contribution in [0.5, 0.6) is 5.75 Å². The number of aryl methyl sites for hydroxylation is 1. The number of aromatic nitrogens is 1. The Balaban J connectivity index is 3.39. The van der Waals surface area contributed by atoms with Crippen LogP contribution < -0.4 is 10.5 Å². The van der Waals surface area contributed by atoms with E-state index in [1.54, 1.807) is 0 Å². The summed E-state index contributed by atoms with van der Waals surface area (Å²) in [6.07, 6.45) is -3.97. The monoisotopic (exact) mass is 264 g/mol. The van der Waals surface area contributed by atoms with Crippen molar-refractivity contribution in [2.24, 2.45) is 5.73 Å². The lowest BCUT2D eigenvalue weighted by molar-refractivity contribution is -0.275. The van der Waals surface area contributed by atoms with Crippen LogP contribution in [0.2, 0.25) is 0 Å². The van der Waals surface area contributed by atoms with Gasteiger partial charge in [-0.05, 0) is 6.92 Å². The van der Waals surface area contributed by atoms with Gasteiger partial charge in [0.05, 0.1) is 7.11 Å². The van der Waals surface area contributed by atoms with Crippen LogP contribution in [0.25, 0.3) is 0 Å². The molecule has 1 rings (SSSR count). The van der Waals surface area contributed by atoms with E-state index in [0.29, 0.717) is 0 Å². The zero-order chi connectivity index (χ0) is 13.9. The molecule has 1 heterocycles. The second-order valence-electron chi connectivity index (χ2n) is 3.31. The summed E-state index contributed by atoms with van der Waals surface area (Å²) >= 11 is 0. The normalized spacial score (nSPS) is 11.2. The average molecular weight is 264 g/mol. The lowest BCUT2D eigenvalue weighted by Crippen LogP contribution is -2.22. The predicted molar refractivity (Wildman–Crippen MR) is 54.9 cm³/mol. The van der Waals surface area contributed by atoms with Crippen molar-refractivity contribution in [3.05, 3.63) is 23.0 Å². The van der Waals surface area contributed by atoms with Gasteiger partial charge in [0.1, 0.15) is 5.56 Å². The third-order valence-electron chi connectivity index (χ3n) is 2.17. The predicted octanol–water partition coefficient (Wildman–Crippen LogP) is 1.53. The Hall–Kier alpha value is -1.83. The van der Waals surface area contributed by atoms with Crippen molar-refractivity contribution in [1.29, 1.82) is 0 Å². The smallest absolute Gasteiger partial charge is 0.465 e. The number of esters is 1. The second-order valence-corrected chi connectivity index (χ2v) is 3.31. The quantitative estimate of drug-likeness (QED) is 0.838. The molecule has 1 aromatic heterocycles. The number of alkyl halides is 3. The Morgan fingerprint density at radius 1 is 1.50 bits per heavy atom. The molecule has 0 spiro atoms. The molecule has 0 aliphatic rings. The van der Waals surface area contributed by atoms with E-state index in [2.05, 4.69) is 14.5 Å². The van der Waals surface area contributed by atoms with Gasteiger partial charge in [0.15, 0.2) is 5.75 Å². The van der Waals surface area contributed by atoms with Crippen molar-refractivity contribution in [3.63, 3.8) is 0 Å². The van der Waals surface area contributed by atoms with Crippen LogP contribution in [0.3, 0.4) is 0 Å². The largest absolute Gasteiger partial charge is 0.573 e. The van der Waals surface area contributed by atoms with E-state index < -0.39 is 23.6 Å². The number of hydrogen-bond donors (Lipinski definition) is 1. The number of nitrogens with zero attached hydrogens (tertiary/aromatic N) is 1. The Kier molecular flexibility index (Phi) is 4.12. The molecule has 5 nitrogen and oxygen atoms in total. The minimum Gasteiger partial charge on any atom is -0.465 e. The van der Waals surface area contributed by atoms with Crippen molar-refractivity contribution in [2.75, 3.05) is 7.11 Å². The summed E-state index contributed by atoms with van der Waals surface area (Å²) in [5.74, 6) is -1.64. The summed E-state index contributed by atoms with van der Waals surface area (Å²) in [5, 5.41) is 0. The molecular weight excluding hydrogens is 253 g/mol. The van der Waals surface area contributed by atoms with Crippen LogP contribution in [0.1, 0.15) is 21.6 Å². The molecule has 0 bridgehead atoms. The van der Waals surface area contributed by atoms with E-state index in [4.69, 9.17) is 5.73 Å². The first-order valence-electron chi connectivity index (χ1n) is 4.82. The molecule has 0 saturated carbocycles. The molecule has 2 N–H and O–H groups in total. The maximum Gasteiger partial charge on any atom is 0.573 e. The van der Waals surface area contributed by atoms with E-state index in [1.807, 2.05) is 0 Å². The summed E-state index contributed by atoms with van der Waals surface area (Å²) < 4.78 is 45.1. The zero-order valence-electron chi connectivity index (χ0n) is 9.67. The number of carbonyl (C=O) groups is 1. The highest BCUT2D eigenvalue weighted by molar-refractivity contribution is 5.92. The highest BCUT2D eigenvalue weighted by Crippen LogP contribution is 2.31. The van der Waals surface area contributed by atoms with E-state index in [1.165, 1.54) is 6.92 Å². The Labute approximate surface area is 101 Å². The van der Waals surface area contributed by atoms with Crippen molar-refractivity contribution in [3.8, 4) is 5.75 Å². The fourth-order valence-corrected chi connectivity index (χ4v) is 1.35. The molecule has 0 amide bonds. The fourth-order valence-electron chi connectivity index (χ4n) is 1.35. The molecule has 0 aliphatic heterocycles. The molecule has 0 atom stereocenters. The highest BCUT2D eigenvalue weighted by Gasteiger charge is 2.35. The van der Waals surface area contributed by atoms with Gasteiger partial charge in [0.2, 0.25) is 0 Å². The highest BCUT2D eigenvalue weighted by atomic mass is 19.4. The van der Waals surface area contributed by atoms with Gasteiger partial charge in [-0.15, -0.1) is 13.2 Å². The van der Waals surface area contributed by atoms with Gasteiger partial charge in [-0.2, -0.15) is 0 Å². The molecule has 0 fully saturated rings. The van der Waals surface area contributed by atoms with Gasteiger partial charge in [0.25, 0.3) is 0 Å². The minimum absolute atomic E-state index is 0.00947. The lowest BCUT2D eigenvalue weighted by atomic mass is 10.1. The number of methoxy groups -OCH3 is 1. The van der Waals surface area contributed by atoms with Gasteiger partial charge in [0, 0.05) is 24.0 Å². The average Bonchev–Trinajstić information content (AvgIpc) is 2.26. The molecule has 0 aliphatic carbocycles. The molecule has 0 unspecified atom stereocenters. The summed E-state index contributed by atoms with van der Waals surface area (Å²) in [6, 6.07) is 0. The fraction of sp³-hybridized carbons (Fsp3) is 0.400. The lowest BCUT2D eigenvalue weighted by Gasteiger charge is -2.16. The van der Waals surface area contributed by atoms with Crippen molar-refractivity contribution < 1.29 is 27.4 Å². The van der Waals surface area contributed by atoms with Crippen LogP contribution in [-0.2, 0) is 11.3 Å². The van der Waals surface area contributed by atoms with E-state index in [-0.39, 0.29) is 17.8 Å². The summed E-state index contributed by atoms with van der Waals surface area (Å²) in [4.78, 5) is 15.1. The SMILES string of the molecule is COC(=O)c1cnc(C)c(CN)c1OC(F)(F)F. The third-order valence-corrected chi connectivity index (χ3v) is 2.17. The zero-order valence-corrected chi connectivity index (χ0v) is 9.67. The molecule has 0 aromatic carbocycles. The van der Waals surface area contributed by atoms with Crippen LogP contribution in [0.15, 0.2) is 6.20 Å². The maximum atomic E-state index is 12.3. The second kappa shape index (κ2) is 5.21. The molecule has 100 valence electrons. The van der Waals surface area contributed by atoms with Gasteiger partial charge >= 0.3 is 12.3 Å². The molecule has 0 saturated heterocycles. The van der Waals surface area contributed by atoms with Crippen LogP contribution in [-0.4, -0.2) is 24.4 Å². The van der Waals surface area contributed by atoms with Crippen LogP contribution in [0.4, 0.5) is 13.2 Å². The third kappa shape index (κ3) is 3.10. The Morgan fingerprint density at radius 3 is 2.56 bits per heavy atom. The Bertz CT molecular complexity index is 460. The first-order chi connectivity index (χ1) is 8.30. The standard InChI is InChI=1S/C10H11F3N2O3/c1-5-6(3-14)8(18-10(11,12)13)7(4-15-5)9(16)17-2/h4H,3,14H2,1-2H3. The molecular formula is C10H11F3N2O3. The van der Waals surface area contributed by atoms with Gasteiger partial charge in [-0.25, -0.2) is 4.79 Å². The van der Waals surface area contributed by atoms with Crippen molar-refractivity contribution >= 4 is 5.97 Å². The van der Waals surface area contributed by atoms with Gasteiger partial charge in [-0.3, -0.25) is 4.98 Å². The first kappa shape index (κ1) is 14.2. The topological polar surface area (TPSA) is 74.4 Å². The Morgan fingerprint density at radius 2 is 2.11 bits per heavy atom. The summed E-state index contributed by atoms with van der Waals surface area (Å²) in [7, 11) is 1.04. The van der Waals surface area contributed by atoms with E-state index in [9.17, 15) is 18.0 Å². The van der Waals surface area contributed by atoms with Crippen molar-refractivity contribution in [2.45, 2.75) is 19.8 Å².